The van der Waals surface area contributed by atoms with Gasteiger partial charge in [0.05, 0.1) is 18.0 Å². The van der Waals surface area contributed by atoms with Crippen LogP contribution < -0.4 is 10.5 Å². The molecule has 3 rings (SSSR count). The zero-order valence-electron chi connectivity index (χ0n) is 11.6. The minimum absolute atomic E-state index is 0.102. The molecule has 6 heteroatoms. The van der Waals surface area contributed by atoms with Crippen molar-refractivity contribution in [3.63, 3.8) is 0 Å². The van der Waals surface area contributed by atoms with E-state index in [0.717, 1.165) is 38.0 Å². The normalized spacial score (nSPS) is 22.2. The monoisotopic (exact) mass is 277 g/mol. The summed E-state index contributed by atoms with van der Waals surface area (Å²) in [5, 5.41) is 4.12. The van der Waals surface area contributed by atoms with Crippen LogP contribution in [0.4, 0.5) is 5.69 Å². The summed E-state index contributed by atoms with van der Waals surface area (Å²) in [5.74, 6) is 0.275. The molecule has 108 valence electrons. The zero-order chi connectivity index (χ0) is 14.1. The van der Waals surface area contributed by atoms with E-state index in [4.69, 9.17) is 4.74 Å². The van der Waals surface area contributed by atoms with E-state index in [1.165, 1.54) is 4.68 Å². The number of methoxy groups -OCH3 is 1. The number of hydrogen-bond donors (Lipinski definition) is 0. The predicted octanol–water partition coefficient (Wildman–Crippen LogP) is 0.447. The minimum Gasteiger partial charge on any atom is -0.380 e. The molecular weight excluding hydrogens is 258 g/mol. The number of carbonyl (C=O) groups excluding carboxylic acids is 1. The Hall–Kier alpha value is -1.69. The van der Waals surface area contributed by atoms with Crippen molar-refractivity contribution in [2.75, 3.05) is 25.1 Å². The third-order valence-corrected chi connectivity index (χ3v) is 4.04. The molecular formula is C14H19N3O3. The van der Waals surface area contributed by atoms with Gasteiger partial charge in [-0.3, -0.25) is 9.59 Å². The fraction of sp³-hybridized carbons (Fsp3) is 0.643. The van der Waals surface area contributed by atoms with E-state index >= 15 is 0 Å². The molecule has 1 aliphatic heterocycles. The van der Waals surface area contributed by atoms with Crippen LogP contribution in [0.5, 0.6) is 0 Å². The van der Waals surface area contributed by atoms with Gasteiger partial charge >= 0.3 is 0 Å². The van der Waals surface area contributed by atoms with Gasteiger partial charge in [0, 0.05) is 32.2 Å². The van der Waals surface area contributed by atoms with Crippen LogP contribution in [0.25, 0.3) is 0 Å². The number of ketones is 1. The van der Waals surface area contributed by atoms with Gasteiger partial charge in [-0.05, 0) is 19.3 Å². The Morgan fingerprint density at radius 3 is 2.85 bits per heavy atom. The Labute approximate surface area is 117 Å². The molecule has 6 nitrogen and oxygen atoms in total. The molecule has 1 atom stereocenters. The molecule has 2 fully saturated rings. The molecule has 2 aliphatic rings. The average molecular weight is 277 g/mol. The number of carbonyl (C=O) groups is 1. The van der Waals surface area contributed by atoms with Crippen LogP contribution in [0.15, 0.2) is 17.1 Å². The number of nitrogens with zero attached hydrogens (tertiary/aromatic N) is 3. The molecule has 0 aromatic carbocycles. The number of Topliss-reactive ketones (excluding diaryl/α,β-unsaturated/α-hetero) is 1. The van der Waals surface area contributed by atoms with Crippen LogP contribution in [-0.4, -0.2) is 41.9 Å². The van der Waals surface area contributed by atoms with Crippen molar-refractivity contribution in [1.82, 2.24) is 9.78 Å². The molecule has 0 spiro atoms. The summed E-state index contributed by atoms with van der Waals surface area (Å²) in [6, 6.07) is 1.56. The highest BCUT2D eigenvalue weighted by Gasteiger charge is 2.30. The number of ether oxygens (including phenoxy) is 1. The number of hydrogen-bond acceptors (Lipinski definition) is 5. The maximum absolute atomic E-state index is 12.0. The molecule has 1 saturated heterocycles. The van der Waals surface area contributed by atoms with Gasteiger partial charge in [-0.15, -0.1) is 0 Å². The first-order valence-corrected chi connectivity index (χ1v) is 7.05. The fourth-order valence-electron chi connectivity index (χ4n) is 2.55. The molecule has 2 heterocycles. The molecule has 0 bridgehead atoms. The second kappa shape index (κ2) is 5.36. The van der Waals surface area contributed by atoms with E-state index in [1.807, 2.05) is 0 Å². The molecule has 0 N–H and O–H groups in total. The third kappa shape index (κ3) is 2.75. The highest BCUT2D eigenvalue weighted by molar-refractivity contribution is 5.82. The van der Waals surface area contributed by atoms with Gasteiger partial charge in [-0.2, -0.15) is 5.10 Å². The van der Waals surface area contributed by atoms with Crippen LogP contribution in [-0.2, 0) is 16.1 Å². The van der Waals surface area contributed by atoms with E-state index in [2.05, 4.69) is 10.00 Å². The van der Waals surface area contributed by atoms with Gasteiger partial charge in [0.15, 0.2) is 5.78 Å². The van der Waals surface area contributed by atoms with Gasteiger partial charge < -0.3 is 9.64 Å². The summed E-state index contributed by atoms with van der Waals surface area (Å²) in [4.78, 5) is 25.8. The topological polar surface area (TPSA) is 64.4 Å². The summed E-state index contributed by atoms with van der Waals surface area (Å²) in [7, 11) is 1.70. The van der Waals surface area contributed by atoms with Gasteiger partial charge in [0.1, 0.15) is 6.54 Å². The molecule has 0 radical (unpaired) electrons. The predicted molar refractivity (Wildman–Crippen MR) is 73.9 cm³/mol. The summed E-state index contributed by atoms with van der Waals surface area (Å²) in [6.07, 6.45) is 4.75. The molecule has 20 heavy (non-hydrogen) atoms. The lowest BCUT2D eigenvalue weighted by Crippen LogP contribution is -2.29. The largest absolute Gasteiger partial charge is 0.380 e. The molecule has 1 aliphatic carbocycles. The van der Waals surface area contributed by atoms with Crippen molar-refractivity contribution < 1.29 is 9.53 Å². The Morgan fingerprint density at radius 2 is 2.25 bits per heavy atom. The van der Waals surface area contributed by atoms with Crippen LogP contribution in [0.2, 0.25) is 0 Å². The lowest BCUT2D eigenvalue weighted by Gasteiger charge is -2.17. The van der Waals surface area contributed by atoms with Crippen molar-refractivity contribution in [2.24, 2.45) is 5.92 Å². The summed E-state index contributed by atoms with van der Waals surface area (Å²) < 4.78 is 6.57. The SMILES string of the molecule is COC1CCN(c2cnn(CC(=O)C3CC3)c(=O)c2)C1. The molecule has 1 aromatic rings. The number of rotatable bonds is 5. The van der Waals surface area contributed by atoms with Gasteiger partial charge in [-0.25, -0.2) is 4.68 Å². The lowest BCUT2D eigenvalue weighted by atomic mass is 10.2. The molecule has 1 unspecified atom stereocenters. The Bertz CT molecular complexity index is 565. The zero-order valence-corrected chi connectivity index (χ0v) is 11.6. The van der Waals surface area contributed by atoms with Gasteiger partial charge in [0.2, 0.25) is 0 Å². The lowest BCUT2D eigenvalue weighted by molar-refractivity contribution is -0.121. The highest BCUT2D eigenvalue weighted by Crippen LogP contribution is 2.30. The Kier molecular flexibility index (Phi) is 3.56. The molecule has 1 saturated carbocycles. The first-order chi connectivity index (χ1) is 9.67. The fourth-order valence-corrected chi connectivity index (χ4v) is 2.55. The standard InChI is InChI=1S/C14H19N3O3/c1-20-12-4-5-16(8-12)11-6-14(19)17(15-7-11)9-13(18)10-2-3-10/h6-7,10,12H,2-5,8-9H2,1H3. The van der Waals surface area contributed by atoms with Crippen molar-refractivity contribution in [3.05, 3.63) is 22.6 Å². The van der Waals surface area contributed by atoms with E-state index < -0.39 is 0 Å². The second-order valence-corrected chi connectivity index (χ2v) is 5.54. The van der Waals surface area contributed by atoms with Crippen LogP contribution in [0, 0.1) is 5.92 Å². The minimum atomic E-state index is -0.211. The average Bonchev–Trinajstić information content (AvgIpc) is 3.19. The van der Waals surface area contributed by atoms with Crippen LogP contribution in [0.1, 0.15) is 19.3 Å². The van der Waals surface area contributed by atoms with E-state index in [1.54, 1.807) is 19.4 Å². The van der Waals surface area contributed by atoms with Gasteiger partial charge in [0.25, 0.3) is 5.56 Å². The molecule has 1 aromatic heterocycles. The second-order valence-electron chi connectivity index (χ2n) is 5.54. The van der Waals surface area contributed by atoms with E-state index in [9.17, 15) is 9.59 Å². The van der Waals surface area contributed by atoms with Crippen molar-refractivity contribution in [1.29, 1.82) is 0 Å². The third-order valence-electron chi connectivity index (χ3n) is 4.04. The first kappa shape index (κ1) is 13.3. The van der Waals surface area contributed by atoms with E-state index in [-0.39, 0.29) is 29.9 Å². The maximum Gasteiger partial charge on any atom is 0.269 e. The smallest absolute Gasteiger partial charge is 0.269 e. The summed E-state index contributed by atoms with van der Waals surface area (Å²) >= 11 is 0. The number of anilines is 1. The number of aromatic nitrogens is 2. The summed E-state index contributed by atoms with van der Waals surface area (Å²) in [5.41, 5.74) is 0.599. The maximum atomic E-state index is 12.0. The van der Waals surface area contributed by atoms with Crippen molar-refractivity contribution in [3.8, 4) is 0 Å². The van der Waals surface area contributed by atoms with Crippen LogP contribution >= 0.6 is 0 Å². The van der Waals surface area contributed by atoms with Crippen molar-refractivity contribution in [2.45, 2.75) is 31.9 Å². The van der Waals surface area contributed by atoms with Gasteiger partial charge in [-0.1, -0.05) is 0 Å². The molecule has 0 amide bonds. The highest BCUT2D eigenvalue weighted by atomic mass is 16.5. The quantitative estimate of drug-likeness (QED) is 0.782. The Morgan fingerprint density at radius 1 is 1.45 bits per heavy atom. The van der Waals surface area contributed by atoms with E-state index in [0.29, 0.717) is 0 Å². The van der Waals surface area contributed by atoms with Crippen LogP contribution in [0.3, 0.4) is 0 Å². The van der Waals surface area contributed by atoms with Crippen molar-refractivity contribution >= 4 is 11.5 Å². The Balaban J connectivity index is 1.70. The first-order valence-electron chi connectivity index (χ1n) is 7.05. The summed E-state index contributed by atoms with van der Waals surface area (Å²) in [6.45, 7) is 1.75.